The molecule has 2 rings (SSSR count). The summed E-state index contributed by atoms with van der Waals surface area (Å²) in [5, 5.41) is 5.69. The molecule has 4 N–H and O–H groups in total. The Morgan fingerprint density at radius 3 is 2.42 bits per heavy atom. The van der Waals surface area contributed by atoms with Gasteiger partial charge in [-0.25, -0.2) is 9.18 Å². The highest BCUT2D eigenvalue weighted by Gasteiger charge is 2.16. The number of nitrogens with one attached hydrogen (secondary N) is 2. The monoisotopic (exact) mass is 331 g/mol. The van der Waals surface area contributed by atoms with Crippen LogP contribution < -0.4 is 16.4 Å². The first kappa shape index (κ1) is 17.6. The van der Waals surface area contributed by atoms with Crippen LogP contribution >= 0.6 is 0 Å². The summed E-state index contributed by atoms with van der Waals surface area (Å²) in [6.45, 7) is 7.05. The summed E-state index contributed by atoms with van der Waals surface area (Å²) in [5.41, 5.74) is 8.05. The molecule has 5 nitrogen and oxygen atoms in total. The molecule has 0 spiro atoms. The number of nitrogens with two attached hydrogens (primary N) is 1. The van der Waals surface area contributed by atoms with Gasteiger partial charge in [-0.2, -0.15) is 0 Å². The number of halogens is 1. The maximum absolute atomic E-state index is 13.6. The molecular weight excluding hydrogens is 309 g/mol. The SMILES string of the molecule is Cc1ccc(Nc2cc(NC(=O)OC(C)(C)C)ccc2N)cc1F. The molecule has 0 aliphatic rings. The van der Waals surface area contributed by atoms with Gasteiger partial charge in [-0.1, -0.05) is 6.07 Å². The van der Waals surface area contributed by atoms with Gasteiger partial charge < -0.3 is 15.8 Å². The molecule has 128 valence electrons. The van der Waals surface area contributed by atoms with E-state index in [0.29, 0.717) is 28.3 Å². The van der Waals surface area contributed by atoms with Crippen LogP contribution in [0.3, 0.4) is 0 Å². The van der Waals surface area contributed by atoms with Gasteiger partial charge in [-0.15, -0.1) is 0 Å². The van der Waals surface area contributed by atoms with Crippen LogP contribution in [0.25, 0.3) is 0 Å². The van der Waals surface area contributed by atoms with Crippen molar-refractivity contribution < 1.29 is 13.9 Å². The first-order valence-electron chi connectivity index (χ1n) is 7.57. The lowest BCUT2D eigenvalue weighted by Gasteiger charge is -2.20. The first-order chi connectivity index (χ1) is 11.1. The van der Waals surface area contributed by atoms with Gasteiger partial charge in [-0.3, -0.25) is 5.32 Å². The Morgan fingerprint density at radius 1 is 1.12 bits per heavy atom. The summed E-state index contributed by atoms with van der Waals surface area (Å²) < 4.78 is 18.9. The Hall–Kier alpha value is -2.76. The fraction of sp³-hybridized carbons (Fsp3) is 0.278. The lowest BCUT2D eigenvalue weighted by Crippen LogP contribution is -2.27. The van der Waals surface area contributed by atoms with Gasteiger partial charge in [0.1, 0.15) is 11.4 Å². The summed E-state index contributed by atoms with van der Waals surface area (Å²) in [5.74, 6) is -0.304. The number of benzene rings is 2. The minimum atomic E-state index is -0.585. The summed E-state index contributed by atoms with van der Waals surface area (Å²) in [6, 6.07) is 9.81. The number of aryl methyl sites for hydroxylation is 1. The van der Waals surface area contributed by atoms with Crippen molar-refractivity contribution in [2.24, 2.45) is 0 Å². The quantitative estimate of drug-likeness (QED) is 0.706. The second-order valence-corrected chi connectivity index (χ2v) is 6.52. The maximum atomic E-state index is 13.6. The number of carbonyl (C=O) groups is 1. The summed E-state index contributed by atoms with van der Waals surface area (Å²) in [7, 11) is 0. The van der Waals surface area contributed by atoms with E-state index in [0.717, 1.165) is 0 Å². The van der Waals surface area contributed by atoms with Crippen molar-refractivity contribution in [3.05, 3.63) is 47.8 Å². The lowest BCUT2D eigenvalue weighted by atomic mass is 10.2. The molecule has 2 aromatic rings. The molecule has 0 unspecified atom stereocenters. The van der Waals surface area contributed by atoms with Crippen molar-refractivity contribution in [1.29, 1.82) is 0 Å². The van der Waals surface area contributed by atoms with Crippen LogP contribution in [-0.4, -0.2) is 11.7 Å². The third kappa shape index (κ3) is 4.87. The van der Waals surface area contributed by atoms with E-state index in [4.69, 9.17) is 10.5 Å². The number of rotatable bonds is 3. The third-order valence-corrected chi connectivity index (χ3v) is 3.15. The van der Waals surface area contributed by atoms with E-state index < -0.39 is 11.7 Å². The molecule has 0 saturated heterocycles. The topological polar surface area (TPSA) is 76.4 Å². The molecule has 0 aliphatic heterocycles. The van der Waals surface area contributed by atoms with Crippen molar-refractivity contribution in [2.45, 2.75) is 33.3 Å². The van der Waals surface area contributed by atoms with Crippen LogP contribution in [0.15, 0.2) is 36.4 Å². The summed E-state index contributed by atoms with van der Waals surface area (Å²) in [4.78, 5) is 11.8. The van der Waals surface area contributed by atoms with E-state index in [9.17, 15) is 9.18 Å². The van der Waals surface area contributed by atoms with Crippen LogP contribution in [-0.2, 0) is 4.74 Å². The van der Waals surface area contributed by atoms with Gasteiger partial charge in [0.2, 0.25) is 0 Å². The minimum absolute atomic E-state index is 0.304. The fourth-order valence-electron chi connectivity index (χ4n) is 1.99. The molecular formula is C18H22FN3O2. The second-order valence-electron chi connectivity index (χ2n) is 6.52. The molecule has 1 amide bonds. The zero-order valence-electron chi connectivity index (χ0n) is 14.2. The number of amides is 1. The van der Waals surface area contributed by atoms with Crippen molar-refractivity contribution in [2.75, 3.05) is 16.4 Å². The lowest BCUT2D eigenvalue weighted by molar-refractivity contribution is 0.0636. The predicted molar refractivity (Wildman–Crippen MR) is 95.1 cm³/mol. The van der Waals surface area contributed by atoms with Gasteiger partial charge >= 0.3 is 6.09 Å². The number of ether oxygens (including phenoxy) is 1. The van der Waals surface area contributed by atoms with Gasteiger partial charge in [0, 0.05) is 11.4 Å². The molecule has 24 heavy (non-hydrogen) atoms. The van der Waals surface area contributed by atoms with Crippen LogP contribution in [0, 0.1) is 12.7 Å². The zero-order chi connectivity index (χ0) is 17.9. The van der Waals surface area contributed by atoms with E-state index in [1.54, 1.807) is 58.0 Å². The van der Waals surface area contributed by atoms with Gasteiger partial charge in [0.15, 0.2) is 0 Å². The van der Waals surface area contributed by atoms with E-state index in [1.807, 2.05) is 0 Å². The van der Waals surface area contributed by atoms with Crippen molar-refractivity contribution in [3.63, 3.8) is 0 Å². The summed E-state index contributed by atoms with van der Waals surface area (Å²) >= 11 is 0. The van der Waals surface area contributed by atoms with Crippen molar-refractivity contribution >= 4 is 28.8 Å². The van der Waals surface area contributed by atoms with Crippen LogP contribution in [0.5, 0.6) is 0 Å². The Bertz CT molecular complexity index is 754. The van der Waals surface area contributed by atoms with Crippen molar-refractivity contribution in [3.8, 4) is 0 Å². The number of nitrogen functional groups attached to an aromatic ring is 1. The van der Waals surface area contributed by atoms with Crippen molar-refractivity contribution in [1.82, 2.24) is 0 Å². The number of carbonyl (C=O) groups excluding carboxylic acids is 1. The third-order valence-electron chi connectivity index (χ3n) is 3.15. The molecule has 0 fully saturated rings. The number of anilines is 4. The molecule has 0 saturated carbocycles. The Kier molecular flexibility index (Phi) is 4.97. The molecule has 0 heterocycles. The van der Waals surface area contributed by atoms with E-state index >= 15 is 0 Å². The molecule has 0 atom stereocenters. The minimum Gasteiger partial charge on any atom is -0.444 e. The predicted octanol–water partition coefficient (Wildman–Crippen LogP) is 4.81. The Balaban J connectivity index is 2.16. The Labute approximate surface area is 141 Å². The molecule has 0 aliphatic carbocycles. The van der Waals surface area contributed by atoms with Crippen LogP contribution in [0.1, 0.15) is 26.3 Å². The number of hydrogen-bond donors (Lipinski definition) is 3. The molecule has 2 aromatic carbocycles. The molecule has 0 aromatic heterocycles. The summed E-state index contributed by atoms with van der Waals surface area (Å²) in [6.07, 6.45) is -0.556. The van der Waals surface area contributed by atoms with Gasteiger partial charge in [0.25, 0.3) is 0 Å². The van der Waals surface area contributed by atoms with E-state index in [-0.39, 0.29) is 5.82 Å². The van der Waals surface area contributed by atoms with E-state index in [1.165, 1.54) is 6.07 Å². The standard InChI is InChI=1S/C18H22FN3O2/c1-11-5-6-12(9-14(11)19)21-16-10-13(7-8-15(16)20)22-17(23)24-18(2,3)4/h5-10,21H,20H2,1-4H3,(H,22,23). The average molecular weight is 331 g/mol. The molecule has 0 bridgehead atoms. The zero-order valence-corrected chi connectivity index (χ0v) is 14.2. The molecule has 6 heteroatoms. The normalized spacial score (nSPS) is 11.0. The molecule has 0 radical (unpaired) electrons. The van der Waals surface area contributed by atoms with E-state index in [2.05, 4.69) is 10.6 Å². The van der Waals surface area contributed by atoms with Gasteiger partial charge in [0.05, 0.1) is 11.4 Å². The smallest absolute Gasteiger partial charge is 0.412 e. The first-order valence-corrected chi connectivity index (χ1v) is 7.57. The highest BCUT2D eigenvalue weighted by Crippen LogP contribution is 2.27. The fourth-order valence-corrected chi connectivity index (χ4v) is 1.99. The average Bonchev–Trinajstić information content (AvgIpc) is 2.44. The highest BCUT2D eigenvalue weighted by molar-refractivity contribution is 5.87. The second kappa shape index (κ2) is 6.78. The number of hydrogen-bond acceptors (Lipinski definition) is 4. The van der Waals surface area contributed by atoms with Crippen LogP contribution in [0.4, 0.5) is 31.9 Å². The Morgan fingerprint density at radius 2 is 1.79 bits per heavy atom. The largest absolute Gasteiger partial charge is 0.444 e. The van der Waals surface area contributed by atoms with Gasteiger partial charge in [-0.05, 0) is 63.6 Å². The van der Waals surface area contributed by atoms with Crippen LogP contribution in [0.2, 0.25) is 0 Å². The highest BCUT2D eigenvalue weighted by atomic mass is 19.1. The maximum Gasteiger partial charge on any atom is 0.412 e.